The van der Waals surface area contributed by atoms with E-state index in [-0.39, 0.29) is 5.75 Å². The Morgan fingerprint density at radius 3 is 2.60 bits per heavy atom. The smallest absolute Gasteiger partial charge is 0.422 e. The molecule has 0 aliphatic heterocycles. The Kier molecular flexibility index (Phi) is 4.20. The summed E-state index contributed by atoms with van der Waals surface area (Å²) in [7, 11) is 3.23. The van der Waals surface area contributed by atoms with Gasteiger partial charge in [-0.05, 0) is 35.9 Å². The molecule has 132 valence electrons. The van der Waals surface area contributed by atoms with Crippen molar-refractivity contribution in [3.63, 3.8) is 0 Å². The minimum absolute atomic E-state index is 0.118. The number of nitrogen functional groups attached to an aromatic ring is 1. The fraction of sp³-hybridized carbons (Fsp3) is 0.235. The monoisotopic (exact) mass is 351 g/mol. The number of nitrogens with zero attached hydrogens (tertiary/aromatic N) is 2. The zero-order chi connectivity index (χ0) is 18.2. The van der Waals surface area contributed by atoms with Crippen LogP contribution in [0.4, 0.5) is 19.0 Å². The lowest BCUT2D eigenvalue weighted by Crippen LogP contribution is -2.19. The molecule has 0 fully saturated rings. The summed E-state index contributed by atoms with van der Waals surface area (Å²) in [6, 6.07) is 9.98. The molecular formula is C17H16F3N3O2. The third kappa shape index (κ3) is 3.47. The van der Waals surface area contributed by atoms with Gasteiger partial charge in [0, 0.05) is 18.0 Å². The molecular weight excluding hydrogens is 335 g/mol. The summed E-state index contributed by atoms with van der Waals surface area (Å²) in [6.07, 6.45) is -4.42. The second-order valence-electron chi connectivity index (χ2n) is 5.51. The van der Waals surface area contributed by atoms with Crippen molar-refractivity contribution in [1.82, 2.24) is 9.78 Å². The second kappa shape index (κ2) is 6.19. The molecule has 8 heteroatoms. The van der Waals surface area contributed by atoms with Gasteiger partial charge in [-0.1, -0.05) is 6.07 Å². The molecule has 0 amide bonds. The van der Waals surface area contributed by atoms with Gasteiger partial charge in [0.25, 0.3) is 0 Å². The molecule has 0 saturated carbocycles. The first-order valence-corrected chi connectivity index (χ1v) is 7.38. The largest absolute Gasteiger partial charge is 0.497 e. The van der Waals surface area contributed by atoms with Crippen LogP contribution in [0, 0.1) is 0 Å². The highest BCUT2D eigenvalue weighted by molar-refractivity contribution is 5.93. The van der Waals surface area contributed by atoms with E-state index >= 15 is 0 Å². The standard InChI is InChI=1S/C17H16F3N3O2/c1-23-14-7-10(3-5-12(14)16(21)22-23)13-8-11(24-2)4-6-15(13)25-9-17(18,19)20/h3-8H,9H2,1-2H3,(H2,21,22). The second-order valence-corrected chi connectivity index (χ2v) is 5.51. The molecule has 0 unspecified atom stereocenters. The van der Waals surface area contributed by atoms with Crippen LogP contribution in [0.3, 0.4) is 0 Å². The molecule has 1 heterocycles. The first kappa shape index (κ1) is 16.9. The number of nitrogens with two attached hydrogens (primary N) is 1. The van der Waals surface area contributed by atoms with Crippen LogP contribution in [0.2, 0.25) is 0 Å². The molecule has 0 atom stereocenters. The Morgan fingerprint density at radius 2 is 1.92 bits per heavy atom. The number of hydrogen-bond donors (Lipinski definition) is 1. The maximum atomic E-state index is 12.5. The molecule has 25 heavy (non-hydrogen) atoms. The Hall–Kier alpha value is -2.90. The van der Waals surface area contributed by atoms with Crippen LogP contribution < -0.4 is 15.2 Å². The van der Waals surface area contributed by atoms with Gasteiger partial charge in [0.05, 0.1) is 12.6 Å². The number of methoxy groups -OCH3 is 1. The van der Waals surface area contributed by atoms with E-state index < -0.39 is 12.8 Å². The molecule has 0 saturated heterocycles. The third-order valence-electron chi connectivity index (χ3n) is 3.77. The van der Waals surface area contributed by atoms with Gasteiger partial charge in [0.15, 0.2) is 12.4 Å². The minimum atomic E-state index is -4.42. The number of anilines is 1. The third-order valence-corrected chi connectivity index (χ3v) is 3.77. The first-order chi connectivity index (χ1) is 11.8. The Morgan fingerprint density at radius 1 is 1.16 bits per heavy atom. The van der Waals surface area contributed by atoms with Crippen LogP contribution in [0.15, 0.2) is 36.4 Å². The van der Waals surface area contributed by atoms with Crippen molar-refractivity contribution in [2.75, 3.05) is 19.5 Å². The number of benzene rings is 2. The van der Waals surface area contributed by atoms with E-state index in [1.165, 1.54) is 13.2 Å². The van der Waals surface area contributed by atoms with Crippen molar-refractivity contribution in [1.29, 1.82) is 0 Å². The maximum Gasteiger partial charge on any atom is 0.422 e. The maximum absolute atomic E-state index is 12.5. The van der Waals surface area contributed by atoms with Gasteiger partial charge < -0.3 is 15.2 Å². The van der Waals surface area contributed by atoms with E-state index in [4.69, 9.17) is 15.2 Å². The van der Waals surface area contributed by atoms with Gasteiger partial charge in [-0.15, -0.1) is 0 Å². The van der Waals surface area contributed by atoms with Crippen LogP contribution in [0.1, 0.15) is 0 Å². The van der Waals surface area contributed by atoms with Gasteiger partial charge in [-0.2, -0.15) is 18.3 Å². The van der Waals surface area contributed by atoms with Crippen molar-refractivity contribution in [3.05, 3.63) is 36.4 Å². The fourth-order valence-corrected chi connectivity index (χ4v) is 2.60. The molecule has 1 aromatic heterocycles. The van der Waals surface area contributed by atoms with E-state index in [0.717, 1.165) is 10.9 Å². The molecule has 0 aliphatic carbocycles. The molecule has 5 nitrogen and oxygen atoms in total. The van der Waals surface area contributed by atoms with E-state index in [9.17, 15) is 13.2 Å². The van der Waals surface area contributed by atoms with Gasteiger partial charge in [0.2, 0.25) is 0 Å². The van der Waals surface area contributed by atoms with Crippen LogP contribution in [-0.2, 0) is 7.05 Å². The van der Waals surface area contributed by atoms with E-state index in [2.05, 4.69) is 5.10 Å². The molecule has 0 radical (unpaired) electrons. The zero-order valence-corrected chi connectivity index (χ0v) is 13.6. The normalized spacial score (nSPS) is 11.7. The number of rotatable bonds is 4. The lowest BCUT2D eigenvalue weighted by molar-refractivity contribution is -0.153. The Bertz CT molecular complexity index is 919. The van der Waals surface area contributed by atoms with Crippen LogP contribution in [0.25, 0.3) is 22.0 Å². The van der Waals surface area contributed by atoms with Crippen molar-refractivity contribution in [3.8, 4) is 22.6 Å². The summed E-state index contributed by atoms with van der Waals surface area (Å²) < 4.78 is 49.3. The molecule has 2 N–H and O–H groups in total. The summed E-state index contributed by atoms with van der Waals surface area (Å²) in [6.45, 7) is -1.37. The quantitative estimate of drug-likeness (QED) is 0.777. The lowest BCUT2D eigenvalue weighted by Gasteiger charge is -2.14. The first-order valence-electron chi connectivity index (χ1n) is 7.38. The molecule has 0 spiro atoms. The van der Waals surface area contributed by atoms with Crippen LogP contribution in [-0.4, -0.2) is 29.7 Å². The molecule has 3 rings (SSSR count). The predicted molar refractivity (Wildman–Crippen MR) is 88.7 cm³/mol. The van der Waals surface area contributed by atoms with Crippen molar-refractivity contribution in [2.45, 2.75) is 6.18 Å². The lowest BCUT2D eigenvalue weighted by atomic mass is 10.0. The zero-order valence-electron chi connectivity index (χ0n) is 13.6. The summed E-state index contributed by atoms with van der Waals surface area (Å²) >= 11 is 0. The number of aromatic nitrogens is 2. The predicted octanol–water partition coefficient (Wildman–Crippen LogP) is 3.77. The van der Waals surface area contributed by atoms with Gasteiger partial charge in [-0.25, -0.2) is 0 Å². The Labute approximate surface area is 141 Å². The number of alkyl halides is 3. The van der Waals surface area contributed by atoms with E-state index in [1.807, 2.05) is 0 Å². The van der Waals surface area contributed by atoms with Gasteiger partial charge in [-0.3, -0.25) is 4.68 Å². The number of fused-ring (bicyclic) bond motifs is 1. The fourth-order valence-electron chi connectivity index (χ4n) is 2.60. The van der Waals surface area contributed by atoms with E-state index in [0.29, 0.717) is 22.7 Å². The van der Waals surface area contributed by atoms with Crippen LogP contribution in [0.5, 0.6) is 11.5 Å². The highest BCUT2D eigenvalue weighted by Crippen LogP contribution is 2.36. The van der Waals surface area contributed by atoms with Crippen LogP contribution >= 0.6 is 0 Å². The SMILES string of the molecule is COc1ccc(OCC(F)(F)F)c(-c2ccc3c(N)nn(C)c3c2)c1. The van der Waals surface area contributed by atoms with Crippen molar-refractivity contribution in [2.24, 2.45) is 7.05 Å². The number of ether oxygens (including phenoxy) is 2. The summed E-state index contributed by atoms with van der Waals surface area (Å²) in [4.78, 5) is 0. The molecule has 3 aromatic rings. The number of hydrogen-bond acceptors (Lipinski definition) is 4. The topological polar surface area (TPSA) is 62.3 Å². The van der Waals surface area contributed by atoms with Gasteiger partial charge >= 0.3 is 6.18 Å². The van der Waals surface area contributed by atoms with Crippen molar-refractivity contribution < 1.29 is 22.6 Å². The average molecular weight is 351 g/mol. The number of halogens is 3. The molecule has 0 bridgehead atoms. The summed E-state index contributed by atoms with van der Waals surface area (Å²) in [5.41, 5.74) is 7.76. The Balaban J connectivity index is 2.09. The number of aryl methyl sites for hydroxylation is 1. The van der Waals surface area contributed by atoms with E-state index in [1.54, 1.807) is 42.1 Å². The molecule has 0 aliphatic rings. The van der Waals surface area contributed by atoms with Crippen molar-refractivity contribution >= 4 is 16.7 Å². The summed E-state index contributed by atoms with van der Waals surface area (Å²) in [5.74, 6) is 1.02. The van der Waals surface area contributed by atoms with Gasteiger partial charge in [0.1, 0.15) is 11.5 Å². The summed E-state index contributed by atoms with van der Waals surface area (Å²) in [5, 5.41) is 4.91. The highest BCUT2D eigenvalue weighted by Gasteiger charge is 2.29. The average Bonchev–Trinajstić information content (AvgIpc) is 2.86. The highest BCUT2D eigenvalue weighted by atomic mass is 19.4. The molecule has 2 aromatic carbocycles. The minimum Gasteiger partial charge on any atom is -0.497 e.